The van der Waals surface area contributed by atoms with Crippen LogP contribution in [-0.2, 0) is 16.6 Å². The molecule has 1 aromatic carbocycles. The van der Waals surface area contributed by atoms with E-state index >= 15 is 0 Å². The zero-order chi connectivity index (χ0) is 15.5. The van der Waals surface area contributed by atoms with Crippen LogP contribution in [0.3, 0.4) is 0 Å². The SMILES string of the molecule is CC(C)c1ccc(CNC2CCN(S(C)(=O)=O)CC2)cc1. The summed E-state index contributed by atoms with van der Waals surface area (Å²) in [7, 11) is -3.02. The van der Waals surface area contributed by atoms with Gasteiger partial charge in [-0.25, -0.2) is 12.7 Å². The number of rotatable bonds is 5. The number of sulfonamides is 1. The Morgan fingerprint density at radius 3 is 2.24 bits per heavy atom. The average molecular weight is 310 g/mol. The van der Waals surface area contributed by atoms with Crippen molar-refractivity contribution in [3.8, 4) is 0 Å². The second-order valence-corrected chi connectivity index (χ2v) is 8.20. The molecule has 0 aromatic heterocycles. The van der Waals surface area contributed by atoms with Crippen molar-refractivity contribution >= 4 is 10.0 Å². The van der Waals surface area contributed by atoms with Crippen molar-refractivity contribution in [3.63, 3.8) is 0 Å². The number of nitrogens with zero attached hydrogens (tertiary/aromatic N) is 1. The van der Waals surface area contributed by atoms with E-state index < -0.39 is 10.0 Å². The highest BCUT2D eigenvalue weighted by Gasteiger charge is 2.24. The molecular formula is C16H26N2O2S. The quantitative estimate of drug-likeness (QED) is 0.908. The van der Waals surface area contributed by atoms with E-state index in [-0.39, 0.29) is 0 Å². The Morgan fingerprint density at radius 1 is 1.19 bits per heavy atom. The average Bonchev–Trinajstić information content (AvgIpc) is 2.45. The van der Waals surface area contributed by atoms with E-state index in [1.165, 1.54) is 17.4 Å². The zero-order valence-electron chi connectivity index (χ0n) is 13.2. The van der Waals surface area contributed by atoms with Crippen LogP contribution in [0.2, 0.25) is 0 Å². The molecule has 0 bridgehead atoms. The van der Waals surface area contributed by atoms with Crippen LogP contribution >= 0.6 is 0 Å². The van der Waals surface area contributed by atoms with Crippen LogP contribution in [0, 0.1) is 0 Å². The van der Waals surface area contributed by atoms with Gasteiger partial charge in [-0.15, -0.1) is 0 Å². The summed E-state index contributed by atoms with van der Waals surface area (Å²) in [6, 6.07) is 9.14. The molecule has 1 aliphatic heterocycles. The lowest BCUT2D eigenvalue weighted by atomic mass is 10.0. The predicted octanol–water partition coefficient (Wildman–Crippen LogP) is 2.32. The molecule has 0 unspecified atom stereocenters. The molecular weight excluding hydrogens is 284 g/mol. The molecule has 21 heavy (non-hydrogen) atoms. The normalized spacial score (nSPS) is 18.3. The largest absolute Gasteiger partial charge is 0.310 e. The molecule has 118 valence electrons. The van der Waals surface area contributed by atoms with Crippen LogP contribution in [-0.4, -0.2) is 38.1 Å². The van der Waals surface area contributed by atoms with E-state index in [0.29, 0.717) is 25.0 Å². The second-order valence-electron chi connectivity index (χ2n) is 6.21. The van der Waals surface area contributed by atoms with Gasteiger partial charge in [0.25, 0.3) is 0 Å². The molecule has 4 nitrogen and oxygen atoms in total. The minimum atomic E-state index is -3.02. The molecule has 1 N–H and O–H groups in total. The molecule has 0 amide bonds. The van der Waals surface area contributed by atoms with E-state index in [4.69, 9.17) is 0 Å². The van der Waals surface area contributed by atoms with Gasteiger partial charge in [0.15, 0.2) is 0 Å². The first-order valence-electron chi connectivity index (χ1n) is 7.63. The van der Waals surface area contributed by atoms with Gasteiger partial charge in [0.1, 0.15) is 0 Å². The minimum absolute atomic E-state index is 0.410. The smallest absolute Gasteiger partial charge is 0.211 e. The van der Waals surface area contributed by atoms with Crippen LogP contribution in [0.25, 0.3) is 0 Å². The lowest BCUT2D eigenvalue weighted by molar-refractivity contribution is 0.290. The molecule has 0 aliphatic carbocycles. The Labute approximate surface area is 128 Å². The van der Waals surface area contributed by atoms with Gasteiger partial charge >= 0.3 is 0 Å². The zero-order valence-corrected chi connectivity index (χ0v) is 14.0. The van der Waals surface area contributed by atoms with E-state index in [0.717, 1.165) is 19.4 Å². The number of hydrogen-bond donors (Lipinski definition) is 1. The molecule has 0 saturated carbocycles. The Kier molecular flexibility index (Phi) is 5.41. The fraction of sp³-hybridized carbons (Fsp3) is 0.625. The van der Waals surface area contributed by atoms with Gasteiger partial charge < -0.3 is 5.32 Å². The van der Waals surface area contributed by atoms with E-state index in [9.17, 15) is 8.42 Å². The summed E-state index contributed by atoms with van der Waals surface area (Å²) in [6.07, 6.45) is 3.06. The van der Waals surface area contributed by atoms with Crippen molar-refractivity contribution in [1.82, 2.24) is 9.62 Å². The third kappa shape index (κ3) is 4.80. The Hall–Kier alpha value is -0.910. The maximum Gasteiger partial charge on any atom is 0.211 e. The molecule has 1 heterocycles. The molecule has 2 rings (SSSR count). The van der Waals surface area contributed by atoms with Crippen LogP contribution in [0.4, 0.5) is 0 Å². The van der Waals surface area contributed by atoms with Crippen molar-refractivity contribution in [3.05, 3.63) is 35.4 Å². The molecule has 0 atom stereocenters. The summed E-state index contributed by atoms with van der Waals surface area (Å²) in [5, 5.41) is 3.54. The van der Waals surface area contributed by atoms with E-state index in [2.05, 4.69) is 43.4 Å². The molecule has 1 aromatic rings. The third-order valence-electron chi connectivity index (χ3n) is 4.16. The van der Waals surface area contributed by atoms with Crippen LogP contribution in [0.5, 0.6) is 0 Å². The number of hydrogen-bond acceptors (Lipinski definition) is 3. The highest BCUT2D eigenvalue weighted by atomic mass is 32.2. The lowest BCUT2D eigenvalue weighted by Crippen LogP contribution is -2.44. The topological polar surface area (TPSA) is 49.4 Å². The predicted molar refractivity (Wildman–Crippen MR) is 86.8 cm³/mol. The standard InChI is InChI=1S/C16H26N2O2S/c1-13(2)15-6-4-14(5-7-15)12-17-16-8-10-18(11-9-16)21(3,19)20/h4-7,13,16-17H,8-12H2,1-3H3. The first-order valence-corrected chi connectivity index (χ1v) is 9.48. The van der Waals surface area contributed by atoms with Gasteiger partial charge in [0, 0.05) is 25.7 Å². The minimum Gasteiger partial charge on any atom is -0.310 e. The highest BCUT2D eigenvalue weighted by Crippen LogP contribution is 2.16. The summed E-state index contributed by atoms with van der Waals surface area (Å²) in [6.45, 7) is 6.50. The molecule has 5 heteroatoms. The van der Waals surface area contributed by atoms with Gasteiger partial charge in [-0.1, -0.05) is 38.1 Å². The Bertz CT molecular complexity index is 544. The molecule has 1 fully saturated rings. The summed E-state index contributed by atoms with van der Waals surface area (Å²) in [5.74, 6) is 0.562. The fourth-order valence-corrected chi connectivity index (χ4v) is 3.55. The van der Waals surface area contributed by atoms with Crippen LogP contribution < -0.4 is 5.32 Å². The Balaban J connectivity index is 1.79. The van der Waals surface area contributed by atoms with E-state index in [1.54, 1.807) is 4.31 Å². The van der Waals surface area contributed by atoms with Gasteiger partial charge in [0.2, 0.25) is 10.0 Å². The highest BCUT2D eigenvalue weighted by molar-refractivity contribution is 7.88. The van der Waals surface area contributed by atoms with Gasteiger partial charge in [-0.3, -0.25) is 0 Å². The van der Waals surface area contributed by atoms with Gasteiger partial charge in [0.05, 0.1) is 6.26 Å². The van der Waals surface area contributed by atoms with Crippen molar-refractivity contribution in [1.29, 1.82) is 0 Å². The number of piperidine rings is 1. The van der Waals surface area contributed by atoms with Gasteiger partial charge in [-0.2, -0.15) is 0 Å². The van der Waals surface area contributed by atoms with Crippen molar-refractivity contribution < 1.29 is 8.42 Å². The number of nitrogens with one attached hydrogen (secondary N) is 1. The number of benzene rings is 1. The lowest BCUT2D eigenvalue weighted by Gasteiger charge is -2.30. The van der Waals surface area contributed by atoms with Crippen molar-refractivity contribution in [2.45, 2.75) is 45.2 Å². The van der Waals surface area contributed by atoms with Gasteiger partial charge in [-0.05, 0) is 29.9 Å². The molecule has 1 aliphatic rings. The monoisotopic (exact) mass is 310 g/mol. The van der Waals surface area contributed by atoms with E-state index in [1.807, 2.05) is 0 Å². The third-order valence-corrected chi connectivity index (χ3v) is 5.47. The summed E-state index contributed by atoms with van der Waals surface area (Å²) in [4.78, 5) is 0. The second kappa shape index (κ2) is 6.90. The van der Waals surface area contributed by atoms with Crippen molar-refractivity contribution in [2.24, 2.45) is 0 Å². The molecule has 1 saturated heterocycles. The fourth-order valence-electron chi connectivity index (χ4n) is 2.67. The first-order chi connectivity index (χ1) is 9.86. The van der Waals surface area contributed by atoms with Crippen LogP contribution in [0.1, 0.15) is 43.7 Å². The van der Waals surface area contributed by atoms with Crippen molar-refractivity contribution in [2.75, 3.05) is 19.3 Å². The summed E-state index contributed by atoms with van der Waals surface area (Å²) < 4.78 is 24.5. The summed E-state index contributed by atoms with van der Waals surface area (Å²) >= 11 is 0. The summed E-state index contributed by atoms with van der Waals surface area (Å²) in [5.41, 5.74) is 2.64. The first kappa shape index (κ1) is 16.5. The molecule has 0 spiro atoms. The maximum atomic E-state index is 11.5. The van der Waals surface area contributed by atoms with Crippen LogP contribution in [0.15, 0.2) is 24.3 Å². The Morgan fingerprint density at radius 2 is 1.76 bits per heavy atom. The molecule has 0 radical (unpaired) electrons. The maximum absolute atomic E-state index is 11.5.